The van der Waals surface area contributed by atoms with Crippen LogP contribution in [0.15, 0.2) is 30.3 Å². The van der Waals surface area contributed by atoms with Gasteiger partial charge in [-0.15, -0.1) is 0 Å². The van der Waals surface area contributed by atoms with Gasteiger partial charge >= 0.3 is 0 Å². The monoisotopic (exact) mass is 287 g/mol. The topological polar surface area (TPSA) is 98.2 Å². The summed E-state index contributed by atoms with van der Waals surface area (Å²) in [6, 6.07) is 7.43. The van der Waals surface area contributed by atoms with Crippen LogP contribution in [0.3, 0.4) is 0 Å². The number of nitrogens with two attached hydrogens (primary N) is 2. The summed E-state index contributed by atoms with van der Waals surface area (Å²) in [6.07, 6.45) is 6.38. The summed E-state index contributed by atoms with van der Waals surface area (Å²) in [6.45, 7) is 0. The maximum absolute atomic E-state index is 11.9. The van der Waals surface area contributed by atoms with Crippen LogP contribution >= 0.6 is 0 Å². The number of primary amides is 1. The molecule has 0 aromatic heterocycles. The van der Waals surface area contributed by atoms with Gasteiger partial charge in [-0.3, -0.25) is 9.59 Å². The third kappa shape index (κ3) is 4.63. The first-order chi connectivity index (χ1) is 10.0. The molecule has 0 radical (unpaired) electrons. The van der Waals surface area contributed by atoms with E-state index in [0.29, 0.717) is 5.69 Å². The van der Waals surface area contributed by atoms with Gasteiger partial charge in [0.15, 0.2) is 0 Å². The number of hydrogen-bond donors (Lipinski definition) is 3. The van der Waals surface area contributed by atoms with Crippen LogP contribution in [-0.4, -0.2) is 17.9 Å². The molecule has 0 spiro atoms. The van der Waals surface area contributed by atoms with E-state index in [1.54, 1.807) is 18.2 Å². The minimum absolute atomic E-state index is 0.0385. The van der Waals surface area contributed by atoms with Crippen molar-refractivity contribution in [3.8, 4) is 0 Å². The van der Waals surface area contributed by atoms with E-state index in [1.807, 2.05) is 12.1 Å². The SMILES string of the molecule is NC(=O)C1CCC(NC(=O)/C=C/c2ccc(N)cc2)CC1. The van der Waals surface area contributed by atoms with Crippen LogP contribution in [-0.2, 0) is 9.59 Å². The van der Waals surface area contributed by atoms with Gasteiger partial charge in [-0.05, 0) is 49.5 Å². The van der Waals surface area contributed by atoms with Crippen molar-refractivity contribution in [3.63, 3.8) is 0 Å². The first-order valence-corrected chi connectivity index (χ1v) is 7.18. The molecule has 1 fully saturated rings. The Morgan fingerprint density at radius 2 is 1.71 bits per heavy atom. The highest BCUT2D eigenvalue weighted by Gasteiger charge is 2.24. The number of nitrogens with one attached hydrogen (secondary N) is 1. The molecule has 1 aliphatic rings. The number of hydrogen-bond acceptors (Lipinski definition) is 3. The van der Waals surface area contributed by atoms with Crippen molar-refractivity contribution in [2.75, 3.05) is 5.73 Å². The smallest absolute Gasteiger partial charge is 0.244 e. The molecule has 112 valence electrons. The Balaban J connectivity index is 1.80. The van der Waals surface area contributed by atoms with Crippen molar-refractivity contribution in [2.24, 2.45) is 11.7 Å². The van der Waals surface area contributed by atoms with Crippen LogP contribution in [0.4, 0.5) is 5.69 Å². The number of carbonyl (C=O) groups excluding carboxylic acids is 2. The molecule has 21 heavy (non-hydrogen) atoms. The zero-order valence-corrected chi connectivity index (χ0v) is 11.9. The average molecular weight is 287 g/mol. The highest BCUT2D eigenvalue weighted by atomic mass is 16.2. The summed E-state index contributed by atoms with van der Waals surface area (Å²) in [5.41, 5.74) is 12.5. The zero-order chi connectivity index (χ0) is 15.2. The Morgan fingerprint density at radius 1 is 1.10 bits per heavy atom. The van der Waals surface area contributed by atoms with Crippen LogP contribution in [0.1, 0.15) is 31.2 Å². The number of amides is 2. The standard InChI is InChI=1S/C16H21N3O2/c17-13-6-1-11(2-7-13)3-10-15(20)19-14-8-4-12(5-9-14)16(18)21/h1-3,6-7,10,12,14H,4-5,8-9,17H2,(H2,18,21)(H,19,20)/b10-3+. The molecule has 0 heterocycles. The van der Waals surface area contributed by atoms with Crippen molar-refractivity contribution < 1.29 is 9.59 Å². The molecule has 0 unspecified atom stereocenters. The van der Waals surface area contributed by atoms with E-state index in [2.05, 4.69) is 5.32 Å². The molecule has 5 nitrogen and oxygen atoms in total. The maximum Gasteiger partial charge on any atom is 0.244 e. The number of nitrogen functional groups attached to an aromatic ring is 1. The molecular weight excluding hydrogens is 266 g/mol. The van der Waals surface area contributed by atoms with E-state index in [-0.39, 0.29) is 23.8 Å². The lowest BCUT2D eigenvalue weighted by atomic mass is 9.85. The van der Waals surface area contributed by atoms with E-state index in [4.69, 9.17) is 11.5 Å². The van der Waals surface area contributed by atoms with Gasteiger partial charge in [0.25, 0.3) is 0 Å². The first-order valence-electron chi connectivity index (χ1n) is 7.18. The predicted octanol–water partition coefficient (Wildman–Crippen LogP) is 1.44. The van der Waals surface area contributed by atoms with Crippen LogP contribution in [0, 0.1) is 5.92 Å². The fraction of sp³-hybridized carbons (Fsp3) is 0.375. The number of benzene rings is 1. The van der Waals surface area contributed by atoms with Gasteiger partial charge in [-0.1, -0.05) is 12.1 Å². The second-order valence-corrected chi connectivity index (χ2v) is 5.46. The zero-order valence-electron chi connectivity index (χ0n) is 11.9. The third-order valence-electron chi connectivity index (χ3n) is 3.84. The molecular formula is C16H21N3O2. The van der Waals surface area contributed by atoms with Gasteiger partial charge in [-0.2, -0.15) is 0 Å². The number of anilines is 1. The second kappa shape index (κ2) is 6.92. The van der Waals surface area contributed by atoms with Gasteiger partial charge in [0.05, 0.1) is 0 Å². The van der Waals surface area contributed by atoms with Crippen molar-refractivity contribution in [1.82, 2.24) is 5.32 Å². The summed E-state index contributed by atoms with van der Waals surface area (Å²) in [5, 5.41) is 2.96. The van der Waals surface area contributed by atoms with E-state index in [9.17, 15) is 9.59 Å². The fourth-order valence-electron chi connectivity index (χ4n) is 2.55. The lowest BCUT2D eigenvalue weighted by Crippen LogP contribution is -2.39. The fourth-order valence-corrected chi connectivity index (χ4v) is 2.55. The van der Waals surface area contributed by atoms with Gasteiger partial charge < -0.3 is 16.8 Å². The molecule has 1 aromatic rings. The first kappa shape index (κ1) is 15.1. The lowest BCUT2D eigenvalue weighted by Gasteiger charge is -2.26. The molecule has 1 aliphatic carbocycles. The Bertz CT molecular complexity index is 529. The Kier molecular flexibility index (Phi) is 4.98. The summed E-state index contributed by atoms with van der Waals surface area (Å²) >= 11 is 0. The predicted molar refractivity (Wildman–Crippen MR) is 83.0 cm³/mol. The average Bonchev–Trinajstić information content (AvgIpc) is 2.47. The summed E-state index contributed by atoms with van der Waals surface area (Å²) < 4.78 is 0. The normalized spacial score (nSPS) is 22.1. The molecule has 2 amide bonds. The van der Waals surface area contributed by atoms with Crippen molar-refractivity contribution in [3.05, 3.63) is 35.9 Å². The quantitative estimate of drug-likeness (QED) is 0.577. The molecule has 5 heteroatoms. The summed E-state index contributed by atoms with van der Waals surface area (Å²) in [7, 11) is 0. The van der Waals surface area contributed by atoms with E-state index < -0.39 is 0 Å². The van der Waals surface area contributed by atoms with Crippen LogP contribution in [0.5, 0.6) is 0 Å². The minimum Gasteiger partial charge on any atom is -0.399 e. The van der Waals surface area contributed by atoms with Crippen molar-refractivity contribution in [2.45, 2.75) is 31.7 Å². The number of carbonyl (C=O) groups is 2. The molecule has 1 aromatic carbocycles. The molecule has 5 N–H and O–H groups in total. The highest BCUT2D eigenvalue weighted by molar-refractivity contribution is 5.92. The van der Waals surface area contributed by atoms with Crippen molar-refractivity contribution in [1.29, 1.82) is 0 Å². The largest absolute Gasteiger partial charge is 0.399 e. The Morgan fingerprint density at radius 3 is 2.29 bits per heavy atom. The molecule has 2 rings (SSSR count). The van der Waals surface area contributed by atoms with Gasteiger partial charge in [0.2, 0.25) is 11.8 Å². The van der Waals surface area contributed by atoms with Crippen LogP contribution < -0.4 is 16.8 Å². The second-order valence-electron chi connectivity index (χ2n) is 5.46. The Hall–Kier alpha value is -2.30. The molecule has 1 saturated carbocycles. The van der Waals surface area contributed by atoms with Gasteiger partial charge in [-0.25, -0.2) is 0 Å². The summed E-state index contributed by atoms with van der Waals surface area (Å²) in [4.78, 5) is 22.9. The number of rotatable bonds is 4. The summed E-state index contributed by atoms with van der Waals surface area (Å²) in [5.74, 6) is -0.388. The third-order valence-corrected chi connectivity index (χ3v) is 3.84. The van der Waals surface area contributed by atoms with Crippen LogP contribution in [0.2, 0.25) is 0 Å². The van der Waals surface area contributed by atoms with E-state index in [1.165, 1.54) is 6.08 Å². The Labute approximate surface area is 124 Å². The van der Waals surface area contributed by atoms with Crippen LogP contribution in [0.25, 0.3) is 6.08 Å². The molecule has 0 bridgehead atoms. The highest BCUT2D eigenvalue weighted by Crippen LogP contribution is 2.23. The van der Waals surface area contributed by atoms with Gasteiger partial charge in [0, 0.05) is 23.7 Å². The molecule has 0 saturated heterocycles. The van der Waals surface area contributed by atoms with E-state index >= 15 is 0 Å². The lowest BCUT2D eigenvalue weighted by molar-refractivity contribution is -0.122. The van der Waals surface area contributed by atoms with E-state index in [0.717, 1.165) is 31.2 Å². The molecule has 0 aliphatic heterocycles. The van der Waals surface area contributed by atoms with Gasteiger partial charge in [0.1, 0.15) is 0 Å². The minimum atomic E-state index is -0.233. The molecule has 0 atom stereocenters. The maximum atomic E-state index is 11.9. The van der Waals surface area contributed by atoms with Crippen molar-refractivity contribution >= 4 is 23.6 Å².